The summed E-state index contributed by atoms with van der Waals surface area (Å²) in [5.74, 6) is 0.282. The predicted molar refractivity (Wildman–Crippen MR) is 56.4 cm³/mol. The second kappa shape index (κ2) is 6.14. The van der Waals surface area contributed by atoms with E-state index in [0.717, 1.165) is 25.9 Å². The van der Waals surface area contributed by atoms with E-state index >= 15 is 0 Å². The normalized spacial score (nSPS) is 23.7. The minimum absolute atomic E-state index is 0.161. The highest BCUT2D eigenvalue weighted by Gasteiger charge is 2.23. The average Bonchev–Trinajstić information content (AvgIpc) is 2.18. The van der Waals surface area contributed by atoms with Crippen LogP contribution in [0.25, 0.3) is 0 Å². The van der Waals surface area contributed by atoms with Gasteiger partial charge in [-0.2, -0.15) is 0 Å². The Morgan fingerprint density at radius 1 is 1.50 bits per heavy atom. The first-order chi connectivity index (χ1) is 6.74. The molecule has 1 atom stereocenters. The third-order valence-corrected chi connectivity index (χ3v) is 2.66. The predicted octanol–water partition coefficient (Wildman–Crippen LogP) is 1.47. The Balaban J connectivity index is 2.22. The average molecular weight is 199 g/mol. The van der Waals surface area contributed by atoms with Crippen molar-refractivity contribution in [1.29, 1.82) is 0 Å². The minimum atomic E-state index is -0.161. The van der Waals surface area contributed by atoms with E-state index in [4.69, 9.17) is 4.74 Å². The molecule has 0 spiro atoms. The third-order valence-electron chi connectivity index (χ3n) is 2.66. The van der Waals surface area contributed by atoms with Gasteiger partial charge in [0.1, 0.15) is 6.10 Å². The van der Waals surface area contributed by atoms with E-state index < -0.39 is 0 Å². The van der Waals surface area contributed by atoms with Crippen LogP contribution in [0.3, 0.4) is 0 Å². The van der Waals surface area contributed by atoms with E-state index in [1.807, 2.05) is 7.05 Å². The van der Waals surface area contributed by atoms with Gasteiger partial charge in [0.2, 0.25) is 0 Å². The van der Waals surface area contributed by atoms with E-state index in [9.17, 15) is 4.79 Å². The SMILES string of the molecule is CCCCCC(=O)C1CN(C)CCO1. The number of unbranched alkanes of at least 4 members (excludes halogenated alkanes) is 2. The zero-order valence-corrected chi connectivity index (χ0v) is 9.29. The molecule has 0 aromatic rings. The van der Waals surface area contributed by atoms with Crippen LogP contribution in [0.5, 0.6) is 0 Å². The van der Waals surface area contributed by atoms with Crippen LogP contribution in [0.15, 0.2) is 0 Å². The highest BCUT2D eigenvalue weighted by molar-refractivity contribution is 5.83. The molecule has 0 aromatic heterocycles. The van der Waals surface area contributed by atoms with Crippen molar-refractivity contribution in [2.24, 2.45) is 0 Å². The lowest BCUT2D eigenvalue weighted by Crippen LogP contribution is -2.44. The first-order valence-electron chi connectivity index (χ1n) is 5.57. The summed E-state index contributed by atoms with van der Waals surface area (Å²) >= 11 is 0. The fourth-order valence-electron chi connectivity index (χ4n) is 1.68. The van der Waals surface area contributed by atoms with Gasteiger partial charge in [-0.1, -0.05) is 19.8 Å². The number of carbonyl (C=O) groups excluding carboxylic acids is 1. The zero-order valence-electron chi connectivity index (χ0n) is 9.29. The van der Waals surface area contributed by atoms with Crippen LogP contribution in [0.1, 0.15) is 32.6 Å². The maximum absolute atomic E-state index is 11.7. The maximum Gasteiger partial charge on any atom is 0.162 e. The number of nitrogens with zero attached hydrogens (tertiary/aromatic N) is 1. The van der Waals surface area contributed by atoms with Gasteiger partial charge < -0.3 is 9.64 Å². The summed E-state index contributed by atoms with van der Waals surface area (Å²) in [6.07, 6.45) is 3.85. The van der Waals surface area contributed by atoms with E-state index in [1.165, 1.54) is 6.42 Å². The summed E-state index contributed by atoms with van der Waals surface area (Å²) in [7, 11) is 2.04. The van der Waals surface area contributed by atoms with E-state index in [0.29, 0.717) is 13.0 Å². The topological polar surface area (TPSA) is 29.5 Å². The number of likely N-dealkylation sites (N-methyl/N-ethyl adjacent to an activating group) is 1. The molecule has 0 bridgehead atoms. The Morgan fingerprint density at radius 3 is 2.93 bits per heavy atom. The van der Waals surface area contributed by atoms with Gasteiger partial charge in [-0.3, -0.25) is 4.79 Å². The van der Waals surface area contributed by atoms with Crippen LogP contribution in [0.2, 0.25) is 0 Å². The Bertz CT molecular complexity index is 182. The first kappa shape index (κ1) is 11.7. The molecule has 3 nitrogen and oxygen atoms in total. The van der Waals surface area contributed by atoms with Crippen molar-refractivity contribution in [3.63, 3.8) is 0 Å². The van der Waals surface area contributed by atoms with Crippen LogP contribution in [0.4, 0.5) is 0 Å². The molecule has 82 valence electrons. The van der Waals surface area contributed by atoms with Gasteiger partial charge in [-0.05, 0) is 13.5 Å². The molecule has 0 aromatic carbocycles. The van der Waals surface area contributed by atoms with Crippen molar-refractivity contribution in [3.05, 3.63) is 0 Å². The quantitative estimate of drug-likeness (QED) is 0.628. The summed E-state index contributed by atoms with van der Waals surface area (Å²) < 4.78 is 5.45. The minimum Gasteiger partial charge on any atom is -0.368 e. The molecule has 1 saturated heterocycles. The van der Waals surface area contributed by atoms with Gasteiger partial charge in [0, 0.05) is 19.5 Å². The number of morpholine rings is 1. The molecule has 1 aliphatic rings. The summed E-state index contributed by atoms with van der Waals surface area (Å²) in [6.45, 7) is 4.56. The highest BCUT2D eigenvalue weighted by atomic mass is 16.5. The van der Waals surface area contributed by atoms with Crippen molar-refractivity contribution in [2.45, 2.75) is 38.7 Å². The molecule has 0 radical (unpaired) electrons. The molecule has 1 heterocycles. The highest BCUT2D eigenvalue weighted by Crippen LogP contribution is 2.09. The van der Waals surface area contributed by atoms with Gasteiger partial charge in [0.15, 0.2) is 5.78 Å². The number of rotatable bonds is 5. The van der Waals surface area contributed by atoms with Crippen LogP contribution in [0, 0.1) is 0 Å². The molecule has 1 unspecified atom stereocenters. The van der Waals surface area contributed by atoms with Gasteiger partial charge in [0.25, 0.3) is 0 Å². The number of ketones is 1. The molecule has 0 amide bonds. The van der Waals surface area contributed by atoms with Crippen molar-refractivity contribution >= 4 is 5.78 Å². The van der Waals surface area contributed by atoms with Gasteiger partial charge >= 0.3 is 0 Å². The lowest BCUT2D eigenvalue weighted by Gasteiger charge is -2.29. The summed E-state index contributed by atoms with van der Waals surface area (Å²) in [4.78, 5) is 13.8. The Hall–Kier alpha value is -0.410. The molecule has 1 rings (SSSR count). The molecule has 0 saturated carbocycles. The number of hydrogen-bond acceptors (Lipinski definition) is 3. The standard InChI is InChI=1S/C11H21NO2/c1-3-4-5-6-10(13)11-9-12(2)7-8-14-11/h11H,3-9H2,1-2H3. The Kier molecular flexibility index (Phi) is 5.12. The van der Waals surface area contributed by atoms with Crippen LogP contribution in [-0.2, 0) is 9.53 Å². The first-order valence-corrected chi connectivity index (χ1v) is 5.57. The molecule has 0 aliphatic carbocycles. The second-order valence-corrected chi connectivity index (χ2v) is 4.05. The second-order valence-electron chi connectivity index (χ2n) is 4.05. The fourth-order valence-corrected chi connectivity index (χ4v) is 1.68. The molecule has 0 N–H and O–H groups in total. The zero-order chi connectivity index (χ0) is 10.4. The summed E-state index contributed by atoms with van der Waals surface area (Å²) in [6, 6.07) is 0. The fraction of sp³-hybridized carbons (Fsp3) is 0.909. The number of Topliss-reactive ketones (excluding diaryl/α,β-unsaturated/α-hetero) is 1. The number of hydrogen-bond donors (Lipinski definition) is 0. The van der Waals surface area contributed by atoms with Gasteiger partial charge in [-0.25, -0.2) is 0 Å². The van der Waals surface area contributed by atoms with Gasteiger partial charge in [0.05, 0.1) is 6.61 Å². The van der Waals surface area contributed by atoms with Crippen molar-refractivity contribution in [1.82, 2.24) is 4.90 Å². The molecule has 14 heavy (non-hydrogen) atoms. The van der Waals surface area contributed by atoms with Gasteiger partial charge in [-0.15, -0.1) is 0 Å². The van der Waals surface area contributed by atoms with Crippen LogP contribution < -0.4 is 0 Å². The lowest BCUT2D eigenvalue weighted by atomic mass is 10.1. The van der Waals surface area contributed by atoms with E-state index in [2.05, 4.69) is 11.8 Å². The smallest absolute Gasteiger partial charge is 0.162 e. The summed E-state index contributed by atoms with van der Waals surface area (Å²) in [5.41, 5.74) is 0. The number of carbonyl (C=O) groups is 1. The van der Waals surface area contributed by atoms with Crippen molar-refractivity contribution < 1.29 is 9.53 Å². The maximum atomic E-state index is 11.7. The van der Waals surface area contributed by atoms with Crippen LogP contribution >= 0.6 is 0 Å². The van der Waals surface area contributed by atoms with E-state index in [-0.39, 0.29) is 11.9 Å². The Morgan fingerprint density at radius 2 is 2.29 bits per heavy atom. The van der Waals surface area contributed by atoms with Crippen molar-refractivity contribution in [3.8, 4) is 0 Å². The molecular formula is C11H21NO2. The number of ether oxygens (including phenoxy) is 1. The van der Waals surface area contributed by atoms with Crippen LogP contribution in [-0.4, -0.2) is 43.5 Å². The molecule has 1 aliphatic heterocycles. The molecular weight excluding hydrogens is 178 g/mol. The lowest BCUT2D eigenvalue weighted by molar-refractivity contribution is -0.135. The Labute approximate surface area is 86.4 Å². The van der Waals surface area contributed by atoms with Crippen molar-refractivity contribution in [2.75, 3.05) is 26.7 Å². The molecule has 1 fully saturated rings. The molecule has 3 heteroatoms. The third kappa shape index (κ3) is 3.76. The largest absolute Gasteiger partial charge is 0.368 e. The van der Waals surface area contributed by atoms with E-state index in [1.54, 1.807) is 0 Å². The summed E-state index contributed by atoms with van der Waals surface area (Å²) in [5, 5.41) is 0. The monoisotopic (exact) mass is 199 g/mol.